The average Bonchev–Trinajstić information content (AvgIpc) is 2.86. The van der Waals surface area contributed by atoms with E-state index >= 15 is 0 Å². The summed E-state index contributed by atoms with van der Waals surface area (Å²) in [6.07, 6.45) is 11.3. The summed E-state index contributed by atoms with van der Waals surface area (Å²) in [5.74, 6) is 2.21. The van der Waals surface area contributed by atoms with Gasteiger partial charge in [0, 0.05) is 6.42 Å². The van der Waals surface area contributed by atoms with E-state index in [1.165, 1.54) is 25.7 Å². The minimum Gasteiger partial charge on any atom is -0.389 e. The van der Waals surface area contributed by atoms with Crippen LogP contribution in [0.4, 0.5) is 0 Å². The van der Waals surface area contributed by atoms with E-state index in [2.05, 4.69) is 26.8 Å². The van der Waals surface area contributed by atoms with Gasteiger partial charge in [0.2, 0.25) is 0 Å². The molecule has 3 fully saturated rings. The Labute approximate surface area is 140 Å². The van der Waals surface area contributed by atoms with Gasteiger partial charge in [-0.1, -0.05) is 25.5 Å². The van der Waals surface area contributed by atoms with Gasteiger partial charge < -0.3 is 5.11 Å². The van der Waals surface area contributed by atoms with Crippen molar-refractivity contribution in [1.29, 1.82) is 0 Å². The van der Waals surface area contributed by atoms with Gasteiger partial charge >= 0.3 is 0 Å². The number of carbonyl (C=O) groups is 1. The summed E-state index contributed by atoms with van der Waals surface area (Å²) >= 11 is 0. The highest BCUT2D eigenvalue weighted by Crippen LogP contribution is 2.66. The number of rotatable bonds is 0. The Balaban J connectivity index is 1.73. The lowest BCUT2D eigenvalue weighted by Crippen LogP contribution is -2.53. The third-order valence-electron chi connectivity index (χ3n) is 8.17. The first-order valence-corrected chi connectivity index (χ1v) is 9.49. The molecule has 4 aliphatic rings. The number of hydrogen-bond acceptors (Lipinski definition) is 2. The number of aliphatic hydroxyl groups excluding tert-OH is 1. The quantitative estimate of drug-likeness (QED) is 0.671. The summed E-state index contributed by atoms with van der Waals surface area (Å²) in [4.78, 5) is 11.9. The maximum absolute atomic E-state index is 11.9. The van der Waals surface area contributed by atoms with Crippen LogP contribution in [-0.2, 0) is 4.79 Å². The Morgan fingerprint density at radius 2 is 1.87 bits per heavy atom. The Morgan fingerprint density at radius 3 is 2.61 bits per heavy atom. The van der Waals surface area contributed by atoms with Crippen LogP contribution in [0.25, 0.3) is 0 Å². The Morgan fingerprint density at radius 1 is 1.13 bits per heavy atom. The van der Waals surface area contributed by atoms with E-state index in [9.17, 15) is 9.90 Å². The fraction of sp³-hybridized carbons (Fsp3) is 0.762. The maximum atomic E-state index is 11.9. The van der Waals surface area contributed by atoms with Crippen molar-refractivity contribution in [3.8, 4) is 0 Å². The van der Waals surface area contributed by atoms with Gasteiger partial charge in [0.15, 0.2) is 5.78 Å². The van der Waals surface area contributed by atoms with E-state index < -0.39 is 6.10 Å². The fourth-order valence-electron chi connectivity index (χ4n) is 6.93. The minimum absolute atomic E-state index is 0.0518. The molecule has 2 nitrogen and oxygen atoms in total. The van der Waals surface area contributed by atoms with Crippen LogP contribution in [0.3, 0.4) is 0 Å². The molecule has 4 aliphatic carbocycles. The average molecular weight is 314 g/mol. The molecule has 3 saturated carbocycles. The van der Waals surface area contributed by atoms with Crippen molar-refractivity contribution in [1.82, 2.24) is 0 Å². The van der Waals surface area contributed by atoms with Crippen LogP contribution in [0.5, 0.6) is 0 Å². The Hall–Kier alpha value is -0.890. The lowest BCUT2D eigenvalue weighted by atomic mass is 9.46. The highest BCUT2D eigenvalue weighted by Gasteiger charge is 2.59. The van der Waals surface area contributed by atoms with E-state index in [1.54, 1.807) is 11.6 Å². The standard InChI is InChI=1S/C21H30O2/c1-4-13-5-6-16-15-12-19(23)18-11-14(22)7-9-21(18,3)17(15)8-10-20(13,16)2/h4,11,15-17,19,23H,5-10,12H2,1-3H3/b13-4-/t15?,16?,17?,19-,20-,21-/m1/s1. The van der Waals surface area contributed by atoms with E-state index in [1.807, 2.05) is 0 Å². The molecule has 0 aromatic heterocycles. The molecule has 2 heteroatoms. The van der Waals surface area contributed by atoms with Crippen LogP contribution in [0.1, 0.15) is 65.7 Å². The first kappa shape index (κ1) is 15.6. The Kier molecular flexibility index (Phi) is 3.43. The van der Waals surface area contributed by atoms with Crippen LogP contribution in [0.15, 0.2) is 23.3 Å². The van der Waals surface area contributed by atoms with Crippen LogP contribution in [0.2, 0.25) is 0 Å². The van der Waals surface area contributed by atoms with E-state index in [0.29, 0.717) is 23.7 Å². The molecule has 23 heavy (non-hydrogen) atoms. The lowest BCUT2D eigenvalue weighted by Gasteiger charge is -2.58. The van der Waals surface area contributed by atoms with Gasteiger partial charge in [0.05, 0.1) is 6.10 Å². The molecule has 126 valence electrons. The monoisotopic (exact) mass is 314 g/mol. The summed E-state index contributed by atoms with van der Waals surface area (Å²) < 4.78 is 0. The van der Waals surface area contributed by atoms with Gasteiger partial charge in [0.25, 0.3) is 0 Å². The second kappa shape index (κ2) is 5.05. The summed E-state index contributed by atoms with van der Waals surface area (Å²) in [5.41, 5.74) is 3.12. The largest absolute Gasteiger partial charge is 0.389 e. The third-order valence-corrected chi connectivity index (χ3v) is 8.17. The SMILES string of the molecule is C/C=C1/CCC2C3C[C@@H](O)C4=CC(=O)CC[C@]4(C)C3CC[C@]12C. The van der Waals surface area contributed by atoms with Crippen LogP contribution in [-0.4, -0.2) is 17.0 Å². The second-order valence-corrected chi connectivity index (χ2v) is 8.92. The molecule has 0 heterocycles. The van der Waals surface area contributed by atoms with Crippen LogP contribution >= 0.6 is 0 Å². The molecule has 0 saturated heterocycles. The van der Waals surface area contributed by atoms with Gasteiger partial charge in [-0.15, -0.1) is 0 Å². The highest BCUT2D eigenvalue weighted by atomic mass is 16.3. The molecule has 0 aromatic rings. The van der Waals surface area contributed by atoms with E-state index in [-0.39, 0.29) is 11.2 Å². The van der Waals surface area contributed by atoms with Crippen molar-refractivity contribution >= 4 is 5.78 Å². The number of fused-ring (bicyclic) bond motifs is 5. The van der Waals surface area contributed by atoms with Crippen molar-refractivity contribution in [3.05, 3.63) is 23.3 Å². The van der Waals surface area contributed by atoms with Gasteiger partial charge in [-0.3, -0.25) is 4.79 Å². The smallest absolute Gasteiger partial charge is 0.155 e. The molecule has 0 aromatic carbocycles. The maximum Gasteiger partial charge on any atom is 0.155 e. The number of aliphatic hydroxyl groups is 1. The molecule has 4 rings (SSSR count). The Bertz CT molecular complexity index is 601. The summed E-state index contributed by atoms with van der Waals surface area (Å²) in [6.45, 7) is 7.00. The van der Waals surface area contributed by atoms with Crippen molar-refractivity contribution in [3.63, 3.8) is 0 Å². The fourth-order valence-corrected chi connectivity index (χ4v) is 6.93. The zero-order valence-corrected chi connectivity index (χ0v) is 14.8. The van der Waals surface area contributed by atoms with Crippen LogP contribution in [0, 0.1) is 28.6 Å². The molecule has 0 radical (unpaired) electrons. The molecule has 0 bridgehead atoms. The van der Waals surface area contributed by atoms with E-state index in [4.69, 9.17) is 0 Å². The molecule has 1 N–H and O–H groups in total. The predicted molar refractivity (Wildman–Crippen MR) is 91.9 cm³/mol. The topological polar surface area (TPSA) is 37.3 Å². The number of hydrogen-bond donors (Lipinski definition) is 1. The van der Waals surface area contributed by atoms with Gasteiger partial charge in [-0.25, -0.2) is 0 Å². The van der Waals surface area contributed by atoms with E-state index in [0.717, 1.165) is 24.3 Å². The number of allylic oxidation sites excluding steroid dienone is 2. The van der Waals surface area contributed by atoms with Gasteiger partial charge in [-0.05, 0) is 85.7 Å². The normalized spacial score (nSPS) is 51.0. The van der Waals surface area contributed by atoms with Crippen molar-refractivity contribution in [2.75, 3.05) is 0 Å². The lowest BCUT2D eigenvalue weighted by molar-refractivity contribution is -0.118. The highest BCUT2D eigenvalue weighted by molar-refractivity contribution is 5.91. The second-order valence-electron chi connectivity index (χ2n) is 8.92. The van der Waals surface area contributed by atoms with Gasteiger partial charge in [0.1, 0.15) is 0 Å². The summed E-state index contributed by atoms with van der Waals surface area (Å²) in [7, 11) is 0. The summed E-state index contributed by atoms with van der Waals surface area (Å²) in [5, 5.41) is 10.8. The van der Waals surface area contributed by atoms with Crippen molar-refractivity contribution in [2.24, 2.45) is 28.6 Å². The molecule has 0 spiro atoms. The molecular weight excluding hydrogens is 284 g/mol. The zero-order valence-electron chi connectivity index (χ0n) is 14.8. The molecular formula is C21H30O2. The molecule has 6 atom stereocenters. The zero-order chi connectivity index (χ0) is 16.4. The van der Waals surface area contributed by atoms with Gasteiger partial charge in [-0.2, -0.15) is 0 Å². The molecule has 0 amide bonds. The number of carbonyl (C=O) groups excluding carboxylic acids is 1. The molecule has 0 aliphatic heterocycles. The minimum atomic E-state index is -0.400. The molecule has 3 unspecified atom stereocenters. The summed E-state index contributed by atoms with van der Waals surface area (Å²) in [6, 6.07) is 0. The first-order valence-electron chi connectivity index (χ1n) is 9.49. The first-order chi connectivity index (χ1) is 10.9. The number of ketones is 1. The predicted octanol–water partition coefficient (Wildman–Crippen LogP) is 4.44. The third kappa shape index (κ3) is 2.00. The van der Waals surface area contributed by atoms with Crippen molar-refractivity contribution in [2.45, 2.75) is 71.8 Å². The van der Waals surface area contributed by atoms with Crippen LogP contribution < -0.4 is 0 Å². The van der Waals surface area contributed by atoms with Crippen molar-refractivity contribution < 1.29 is 9.90 Å².